The van der Waals surface area contributed by atoms with E-state index in [0.717, 1.165) is 25.2 Å². The largest absolute Gasteiger partial charge is 0.496 e. The maximum Gasteiger partial charge on any atom is 0.121 e. The van der Waals surface area contributed by atoms with Crippen LogP contribution < -0.4 is 10.1 Å². The third-order valence-corrected chi connectivity index (χ3v) is 3.48. The molecule has 0 bridgehead atoms. The van der Waals surface area contributed by atoms with Gasteiger partial charge in [-0.05, 0) is 50.1 Å². The number of nitrogens with one attached hydrogen (secondary N) is 1. The highest BCUT2D eigenvalue weighted by Crippen LogP contribution is 2.30. The Balaban J connectivity index is 2.13. The first-order valence-electron chi connectivity index (χ1n) is 6.18. The van der Waals surface area contributed by atoms with Crippen LogP contribution in [0.2, 0.25) is 0 Å². The van der Waals surface area contributed by atoms with Crippen LogP contribution in [0.1, 0.15) is 30.1 Å². The average molecular weight is 235 g/mol. The minimum atomic E-state index is 0.214. The quantitative estimate of drug-likeness (QED) is 0.873. The number of benzene rings is 1. The van der Waals surface area contributed by atoms with Crippen LogP contribution in [-0.2, 0) is 4.74 Å². The molecule has 0 amide bonds. The second-order valence-corrected chi connectivity index (χ2v) is 4.60. The van der Waals surface area contributed by atoms with E-state index in [0.29, 0.717) is 6.04 Å². The number of rotatable bonds is 3. The van der Waals surface area contributed by atoms with E-state index in [9.17, 15) is 0 Å². The molecule has 2 atom stereocenters. The molecular formula is C14H21NO2. The molecule has 0 spiro atoms. The van der Waals surface area contributed by atoms with Crippen molar-refractivity contribution in [3.8, 4) is 5.75 Å². The standard InChI is InChI=1S/C14H21NO2/c1-10-8-11(4-5-13(10)16-3)14-9-12(15-2)6-7-17-14/h4-5,8,12,14-15H,6-7,9H2,1-3H3. The molecule has 1 aromatic rings. The van der Waals surface area contributed by atoms with Crippen LogP contribution >= 0.6 is 0 Å². The molecule has 1 heterocycles. The molecule has 1 fully saturated rings. The molecule has 0 radical (unpaired) electrons. The van der Waals surface area contributed by atoms with Crippen LogP contribution in [0.15, 0.2) is 18.2 Å². The molecule has 1 aliphatic rings. The Morgan fingerprint density at radius 1 is 1.41 bits per heavy atom. The molecule has 1 N–H and O–H groups in total. The first kappa shape index (κ1) is 12.4. The highest BCUT2D eigenvalue weighted by Gasteiger charge is 2.23. The SMILES string of the molecule is CNC1CCOC(c2ccc(OC)c(C)c2)C1. The Hall–Kier alpha value is -1.06. The zero-order valence-electron chi connectivity index (χ0n) is 10.8. The van der Waals surface area contributed by atoms with Gasteiger partial charge in [-0.3, -0.25) is 0 Å². The van der Waals surface area contributed by atoms with Crippen LogP contribution in [0.25, 0.3) is 0 Å². The van der Waals surface area contributed by atoms with Crippen LogP contribution in [0, 0.1) is 6.92 Å². The summed E-state index contributed by atoms with van der Waals surface area (Å²) in [5.41, 5.74) is 2.42. The van der Waals surface area contributed by atoms with Gasteiger partial charge in [-0.25, -0.2) is 0 Å². The van der Waals surface area contributed by atoms with Gasteiger partial charge >= 0.3 is 0 Å². The van der Waals surface area contributed by atoms with E-state index in [2.05, 4.69) is 24.4 Å². The first-order valence-corrected chi connectivity index (χ1v) is 6.18. The molecular weight excluding hydrogens is 214 g/mol. The third-order valence-electron chi connectivity index (χ3n) is 3.48. The van der Waals surface area contributed by atoms with E-state index in [1.807, 2.05) is 13.1 Å². The second kappa shape index (κ2) is 5.52. The predicted molar refractivity (Wildman–Crippen MR) is 68.5 cm³/mol. The minimum absolute atomic E-state index is 0.214. The molecule has 0 aromatic heterocycles. The minimum Gasteiger partial charge on any atom is -0.496 e. The van der Waals surface area contributed by atoms with Gasteiger partial charge in [0.15, 0.2) is 0 Å². The molecule has 17 heavy (non-hydrogen) atoms. The average Bonchev–Trinajstić information content (AvgIpc) is 2.38. The normalized spacial score (nSPS) is 24.6. The van der Waals surface area contributed by atoms with E-state index >= 15 is 0 Å². The van der Waals surface area contributed by atoms with Crippen molar-refractivity contribution in [1.82, 2.24) is 5.32 Å². The smallest absolute Gasteiger partial charge is 0.121 e. The number of ether oxygens (including phenoxy) is 2. The van der Waals surface area contributed by atoms with Crippen molar-refractivity contribution in [3.63, 3.8) is 0 Å². The maximum absolute atomic E-state index is 5.84. The van der Waals surface area contributed by atoms with Crippen LogP contribution in [0.5, 0.6) is 5.75 Å². The van der Waals surface area contributed by atoms with Crippen LogP contribution in [-0.4, -0.2) is 26.8 Å². The number of methoxy groups -OCH3 is 1. The second-order valence-electron chi connectivity index (χ2n) is 4.60. The molecule has 1 saturated heterocycles. The van der Waals surface area contributed by atoms with Crippen molar-refractivity contribution < 1.29 is 9.47 Å². The summed E-state index contributed by atoms with van der Waals surface area (Å²) in [6, 6.07) is 6.86. The van der Waals surface area contributed by atoms with E-state index in [1.54, 1.807) is 7.11 Å². The third kappa shape index (κ3) is 2.79. The summed E-state index contributed by atoms with van der Waals surface area (Å²) >= 11 is 0. The Labute approximate surface area is 103 Å². The lowest BCUT2D eigenvalue weighted by atomic mass is 9.96. The zero-order chi connectivity index (χ0) is 12.3. The lowest BCUT2D eigenvalue weighted by Gasteiger charge is -2.29. The summed E-state index contributed by atoms with van der Waals surface area (Å²) in [5, 5.41) is 3.34. The summed E-state index contributed by atoms with van der Waals surface area (Å²) in [6.07, 6.45) is 2.36. The molecule has 1 aromatic carbocycles. The van der Waals surface area contributed by atoms with Gasteiger partial charge in [0.1, 0.15) is 5.75 Å². The van der Waals surface area contributed by atoms with Gasteiger partial charge in [0.05, 0.1) is 13.2 Å². The fraction of sp³-hybridized carbons (Fsp3) is 0.571. The summed E-state index contributed by atoms with van der Waals surface area (Å²) in [5.74, 6) is 0.940. The molecule has 94 valence electrons. The Bertz CT molecular complexity index is 378. The molecule has 2 unspecified atom stereocenters. The molecule has 3 heteroatoms. The van der Waals surface area contributed by atoms with Crippen molar-refractivity contribution >= 4 is 0 Å². The topological polar surface area (TPSA) is 30.5 Å². The van der Waals surface area contributed by atoms with E-state index in [4.69, 9.17) is 9.47 Å². The predicted octanol–water partition coefficient (Wildman–Crippen LogP) is 2.44. The van der Waals surface area contributed by atoms with E-state index in [1.165, 1.54) is 11.1 Å². The monoisotopic (exact) mass is 235 g/mol. The summed E-state index contributed by atoms with van der Waals surface area (Å²) in [7, 11) is 3.72. The van der Waals surface area contributed by atoms with Crippen molar-refractivity contribution in [3.05, 3.63) is 29.3 Å². The Morgan fingerprint density at radius 2 is 2.24 bits per heavy atom. The zero-order valence-corrected chi connectivity index (χ0v) is 10.8. The molecule has 3 nitrogen and oxygen atoms in total. The Morgan fingerprint density at radius 3 is 2.88 bits per heavy atom. The van der Waals surface area contributed by atoms with E-state index in [-0.39, 0.29) is 6.10 Å². The first-order chi connectivity index (χ1) is 8.24. The fourth-order valence-corrected chi connectivity index (χ4v) is 2.39. The summed E-state index contributed by atoms with van der Waals surface area (Å²) in [4.78, 5) is 0. The summed E-state index contributed by atoms with van der Waals surface area (Å²) < 4.78 is 11.1. The van der Waals surface area contributed by atoms with Gasteiger partial charge in [-0.2, -0.15) is 0 Å². The highest BCUT2D eigenvalue weighted by atomic mass is 16.5. The van der Waals surface area contributed by atoms with Gasteiger partial charge in [-0.15, -0.1) is 0 Å². The van der Waals surface area contributed by atoms with Gasteiger partial charge in [-0.1, -0.05) is 6.07 Å². The fourth-order valence-electron chi connectivity index (χ4n) is 2.39. The summed E-state index contributed by atoms with van der Waals surface area (Å²) in [6.45, 7) is 2.90. The van der Waals surface area contributed by atoms with Gasteiger partial charge < -0.3 is 14.8 Å². The highest BCUT2D eigenvalue weighted by molar-refractivity contribution is 5.37. The molecule has 0 aliphatic carbocycles. The van der Waals surface area contributed by atoms with Gasteiger partial charge in [0, 0.05) is 12.6 Å². The number of aryl methyl sites for hydroxylation is 1. The molecule has 1 aliphatic heterocycles. The lowest BCUT2D eigenvalue weighted by molar-refractivity contribution is 0.00150. The van der Waals surface area contributed by atoms with Crippen LogP contribution in [0.3, 0.4) is 0 Å². The van der Waals surface area contributed by atoms with Crippen LogP contribution in [0.4, 0.5) is 0 Å². The van der Waals surface area contributed by atoms with Crippen molar-refractivity contribution in [1.29, 1.82) is 0 Å². The van der Waals surface area contributed by atoms with E-state index < -0.39 is 0 Å². The number of hydrogen-bond acceptors (Lipinski definition) is 3. The maximum atomic E-state index is 5.84. The van der Waals surface area contributed by atoms with Crippen molar-refractivity contribution in [2.75, 3.05) is 20.8 Å². The number of hydrogen-bond donors (Lipinski definition) is 1. The molecule has 0 saturated carbocycles. The van der Waals surface area contributed by atoms with Crippen molar-refractivity contribution in [2.24, 2.45) is 0 Å². The van der Waals surface area contributed by atoms with Gasteiger partial charge in [0.25, 0.3) is 0 Å². The van der Waals surface area contributed by atoms with Crippen molar-refractivity contribution in [2.45, 2.75) is 31.9 Å². The lowest BCUT2D eigenvalue weighted by Crippen LogP contribution is -2.33. The van der Waals surface area contributed by atoms with Gasteiger partial charge in [0.2, 0.25) is 0 Å². The Kier molecular flexibility index (Phi) is 4.02. The molecule has 2 rings (SSSR count).